The first kappa shape index (κ1) is 87.1. The summed E-state index contributed by atoms with van der Waals surface area (Å²) in [6.07, 6.45) is 16.8. The molecule has 9 aromatic heterocycles. The van der Waals surface area contributed by atoms with Gasteiger partial charge in [0.2, 0.25) is 11.8 Å². The standard InChI is InChI=1S/C22H18N2O2.C22H18N2OS.C21H16N4O.C21H15N3O2.C21H15N3OSe/c2*25-19(14-16-8-3-1-4-9-16)20-21(17-10-5-2-6-11-17)26-22(24-20)18-12-7-13-23-15-18;26-21(23-17-11-5-2-6-12-17)19-18(15-8-3-1-4-9-15)24-20(25-19)16-10-7-13-22-14-16;2*25-20(23-17-11-5-2-6-12-17)18-19(15-8-3-1-4-9-15)26-21(24-18)16-10-7-13-22-14-16/h2*1-13,15,19,25H,14H2;1-14,19H,(H,23,26);2*1-14H,(H,23,25). The predicted molar refractivity (Wildman–Crippen MR) is 513 cm³/mol. The summed E-state index contributed by atoms with van der Waals surface area (Å²) in [7, 11) is 0. The Kier molecular flexibility index (Phi) is 29.5. The van der Waals surface area contributed by atoms with Crippen molar-refractivity contribution < 1.29 is 33.4 Å². The third-order valence-electron chi connectivity index (χ3n) is 20.0. The van der Waals surface area contributed by atoms with Crippen molar-refractivity contribution in [2.45, 2.75) is 31.1 Å². The van der Waals surface area contributed by atoms with Gasteiger partial charge in [-0.05, 0) is 95.1 Å². The fraction of sp³-hybridized carbons (Fsp3) is 0.0467. The molecule has 21 nitrogen and oxygen atoms in total. The largest absolute Gasteiger partial charge is 0.436 e. The molecule has 1 aliphatic rings. The number of aliphatic hydroxyl groups is 2. The number of carbonyl (C=O) groups excluding carboxylic acids is 3. The molecule has 20 rings (SSSR count). The fourth-order valence-corrected chi connectivity index (χ4v) is 17.1. The Labute approximate surface area is 760 Å². The molecule has 0 spiro atoms. The van der Waals surface area contributed by atoms with Crippen LogP contribution in [0.5, 0.6) is 0 Å². The van der Waals surface area contributed by atoms with E-state index in [9.17, 15) is 24.6 Å². The number of aliphatic hydroxyl groups excluding tert-OH is 2. The van der Waals surface area contributed by atoms with E-state index < -0.39 is 18.2 Å². The van der Waals surface area contributed by atoms with E-state index in [2.05, 4.69) is 77.9 Å². The molecular weight excluding hydrogens is 1700 g/mol. The van der Waals surface area contributed by atoms with Gasteiger partial charge in [0.25, 0.3) is 11.8 Å². The predicted octanol–water partition coefficient (Wildman–Crippen LogP) is 21.9. The van der Waals surface area contributed by atoms with Crippen LogP contribution in [-0.4, -0.2) is 105 Å². The first-order valence-corrected chi connectivity index (χ1v) is 44.1. The van der Waals surface area contributed by atoms with E-state index in [0.29, 0.717) is 70.3 Å². The maximum Gasteiger partial charge on any atom is 0.278 e. The normalized spacial score (nSPS) is 12.2. The number of oxazole rings is 2. The summed E-state index contributed by atoms with van der Waals surface area (Å²) in [5.41, 5.74) is 15.8. The number of carbonyl (C=O) groups is 3. The van der Waals surface area contributed by atoms with E-state index in [-0.39, 0.29) is 37.9 Å². The fourth-order valence-electron chi connectivity index (χ4n) is 13.7. The van der Waals surface area contributed by atoms with Crippen LogP contribution in [0.25, 0.3) is 86.7 Å². The molecule has 0 aliphatic carbocycles. The van der Waals surface area contributed by atoms with Crippen LogP contribution in [0, 0.1) is 0 Å². The molecule has 3 amide bonds. The zero-order valence-corrected chi connectivity index (χ0v) is 72.3. The van der Waals surface area contributed by atoms with Gasteiger partial charge in [-0.3, -0.25) is 29.5 Å². The van der Waals surface area contributed by atoms with Crippen molar-refractivity contribution in [3.63, 3.8) is 0 Å². The molecule has 5 N–H and O–H groups in total. The molecule has 0 fully saturated rings. The number of benzene rings is 10. The number of aromatic nitrogens is 9. The number of nitrogens with zero attached hydrogens (tertiary/aromatic N) is 11. The molecule has 19 aromatic rings. The number of aliphatic imine (C=N–C) groups is 2. The summed E-state index contributed by atoms with van der Waals surface area (Å²) < 4.78 is 13.9. The summed E-state index contributed by atoms with van der Waals surface area (Å²) in [4.78, 5) is 88.0. The maximum atomic E-state index is 12.9. The van der Waals surface area contributed by atoms with Crippen LogP contribution < -0.4 is 16.0 Å². The number of para-hydroxylation sites is 3. The Hall–Kier alpha value is -16.4. The van der Waals surface area contributed by atoms with E-state index >= 15 is 0 Å². The zero-order valence-electron chi connectivity index (χ0n) is 69.7. The van der Waals surface area contributed by atoms with E-state index in [1.165, 1.54) is 0 Å². The molecule has 10 aromatic carbocycles. The number of anilines is 3. The average Bonchev–Trinajstić information content (AvgIpc) is 0.890. The number of thiazole rings is 1. The molecule has 23 heteroatoms. The molecule has 634 valence electrons. The number of hydrogen-bond donors (Lipinski definition) is 5. The van der Waals surface area contributed by atoms with Crippen molar-refractivity contribution in [1.82, 2.24) is 44.9 Å². The molecule has 130 heavy (non-hydrogen) atoms. The quantitative estimate of drug-likeness (QED) is 0.0394. The van der Waals surface area contributed by atoms with Gasteiger partial charge in [0, 0.05) is 96.0 Å². The second-order valence-corrected chi connectivity index (χ2v) is 32.3. The summed E-state index contributed by atoms with van der Waals surface area (Å²) in [6.45, 7) is 0. The second kappa shape index (κ2) is 44.0. The van der Waals surface area contributed by atoms with Crippen LogP contribution in [0.15, 0.2) is 445 Å². The molecule has 10 heterocycles. The molecular formula is C107H82N14O7SSe. The van der Waals surface area contributed by atoms with Crippen LogP contribution >= 0.6 is 11.3 Å². The van der Waals surface area contributed by atoms with Crippen molar-refractivity contribution in [2.75, 3.05) is 16.0 Å². The Morgan fingerprint density at radius 2 is 0.715 bits per heavy atom. The van der Waals surface area contributed by atoms with Gasteiger partial charge in [0.05, 0.1) is 27.4 Å². The minimum Gasteiger partial charge on any atom is -0.436 e. The van der Waals surface area contributed by atoms with Gasteiger partial charge in [-0.2, -0.15) is 0 Å². The number of hydrogen-bond acceptors (Lipinski definition) is 19. The van der Waals surface area contributed by atoms with E-state index in [1.807, 2.05) is 346 Å². The van der Waals surface area contributed by atoms with Gasteiger partial charge in [-0.1, -0.05) is 218 Å². The van der Waals surface area contributed by atoms with Gasteiger partial charge in [0.15, 0.2) is 29.1 Å². The molecule has 3 atom stereocenters. The van der Waals surface area contributed by atoms with Gasteiger partial charge in [-0.25, -0.2) is 24.9 Å². The van der Waals surface area contributed by atoms with Crippen molar-refractivity contribution in [2.24, 2.45) is 9.98 Å². The third-order valence-corrected chi connectivity index (χ3v) is 23.6. The van der Waals surface area contributed by atoms with Crippen molar-refractivity contribution in [3.8, 4) is 86.7 Å². The maximum absolute atomic E-state index is 12.9. The zero-order chi connectivity index (χ0) is 88.8. The number of rotatable bonds is 22. The molecule has 0 radical (unpaired) electrons. The van der Waals surface area contributed by atoms with E-state index in [1.54, 1.807) is 79.4 Å². The van der Waals surface area contributed by atoms with Crippen molar-refractivity contribution >= 4 is 72.2 Å². The summed E-state index contributed by atoms with van der Waals surface area (Å²) >= 11 is 1.53. The number of amidine groups is 1. The average molecular weight is 1790 g/mol. The SMILES string of the molecule is O=C(Nc1ccccc1)C1N=C(c2cccnc2)N=C1c1ccccc1.O=C(Nc1ccccc1)c1nc(-c2cccnc2)[se]c1-c1ccccc1.O=C(Nc1ccccc1)c1nc(-c2cccnc2)oc1-c1ccccc1.OC(Cc1ccccc1)c1nc(-c2cccnc2)oc1-c1ccccc1.OC(Cc1ccccc1)c1nc(-c2cccnc2)sc1-c1ccccc1. The smallest absolute Gasteiger partial charge is 0.278 e. The topological polar surface area (TPSA) is 295 Å². The van der Waals surface area contributed by atoms with Crippen LogP contribution in [0.2, 0.25) is 0 Å². The Morgan fingerprint density at radius 1 is 0.346 bits per heavy atom. The number of amides is 3. The minimum atomic E-state index is -0.762. The van der Waals surface area contributed by atoms with Crippen molar-refractivity contribution in [3.05, 3.63) is 471 Å². The first-order chi connectivity index (χ1) is 64.0. The van der Waals surface area contributed by atoms with Crippen LogP contribution in [0.3, 0.4) is 0 Å². The Morgan fingerprint density at radius 3 is 1.18 bits per heavy atom. The van der Waals surface area contributed by atoms with Crippen LogP contribution in [-0.2, 0) is 17.6 Å². The summed E-state index contributed by atoms with van der Waals surface area (Å²) in [6, 6.07) is 115. The van der Waals surface area contributed by atoms with Gasteiger partial charge < -0.3 is 29.7 Å². The molecule has 3 unspecified atom stereocenters. The third kappa shape index (κ3) is 23.0. The van der Waals surface area contributed by atoms with Crippen LogP contribution in [0.1, 0.15) is 66.8 Å². The number of nitrogens with one attached hydrogen (secondary N) is 3. The van der Waals surface area contributed by atoms with Crippen molar-refractivity contribution in [1.29, 1.82) is 0 Å². The van der Waals surface area contributed by atoms with Crippen LogP contribution in [0.4, 0.5) is 17.1 Å². The molecule has 1 aliphatic heterocycles. The summed E-state index contributed by atoms with van der Waals surface area (Å²) in [5.74, 6) is 1.63. The molecule has 0 saturated carbocycles. The molecule has 0 bridgehead atoms. The van der Waals surface area contributed by atoms with Gasteiger partial charge >= 0.3 is 157 Å². The van der Waals surface area contributed by atoms with E-state index in [0.717, 1.165) is 97.2 Å². The monoisotopic (exact) mass is 1790 g/mol. The summed E-state index contributed by atoms with van der Waals surface area (Å²) in [5, 5.41) is 31.3. The molecule has 0 saturated heterocycles. The first-order valence-electron chi connectivity index (χ1n) is 41.6. The number of pyridine rings is 5. The van der Waals surface area contributed by atoms with E-state index in [4.69, 9.17) is 13.8 Å². The second-order valence-electron chi connectivity index (χ2n) is 29.2. The van der Waals surface area contributed by atoms with Gasteiger partial charge in [0.1, 0.15) is 22.9 Å². The Balaban J connectivity index is 0.000000119. The Bertz CT molecular complexity index is 6540. The minimum absolute atomic E-state index is 0.0618. The van der Waals surface area contributed by atoms with Gasteiger partial charge in [-0.15, -0.1) is 11.3 Å².